The van der Waals surface area contributed by atoms with Gasteiger partial charge in [0.15, 0.2) is 0 Å². The Labute approximate surface area is 124 Å². The van der Waals surface area contributed by atoms with Gasteiger partial charge in [0.05, 0.1) is 30.6 Å². The number of hydrogen-bond acceptors (Lipinski definition) is 5. The smallest absolute Gasteiger partial charge is 0.274 e. The highest BCUT2D eigenvalue weighted by Crippen LogP contribution is 2.32. The Morgan fingerprint density at radius 3 is 3.00 bits per heavy atom. The molecule has 1 saturated heterocycles. The average Bonchev–Trinajstić information content (AvgIpc) is 2.91. The highest BCUT2D eigenvalue weighted by atomic mass is 16.5. The van der Waals surface area contributed by atoms with Crippen LogP contribution in [0.2, 0.25) is 0 Å². The Bertz CT molecular complexity index is 505. The SMILES string of the molecule is CCO[C@@H]1CC[C@@H]2[C@H]1OCCN2C(=O)c1cnc(C)cn1. The molecule has 0 aromatic carbocycles. The molecule has 0 bridgehead atoms. The molecule has 1 aliphatic heterocycles. The van der Waals surface area contributed by atoms with E-state index in [0.29, 0.717) is 25.5 Å². The Morgan fingerprint density at radius 2 is 2.29 bits per heavy atom. The van der Waals surface area contributed by atoms with Crippen LogP contribution in [-0.4, -0.2) is 58.8 Å². The van der Waals surface area contributed by atoms with Gasteiger partial charge in [-0.1, -0.05) is 0 Å². The lowest BCUT2D eigenvalue weighted by Crippen LogP contribution is -2.54. The first-order chi connectivity index (χ1) is 10.2. The summed E-state index contributed by atoms with van der Waals surface area (Å²) in [6, 6.07) is 0.0888. The number of nitrogens with zero attached hydrogens (tertiary/aromatic N) is 3. The van der Waals surface area contributed by atoms with Crippen LogP contribution in [0.4, 0.5) is 0 Å². The number of fused-ring (bicyclic) bond motifs is 1. The average molecular weight is 291 g/mol. The number of carbonyl (C=O) groups excluding carboxylic acids is 1. The molecule has 1 amide bonds. The van der Waals surface area contributed by atoms with Crippen molar-refractivity contribution in [3.05, 3.63) is 23.8 Å². The fraction of sp³-hybridized carbons (Fsp3) is 0.667. The molecule has 6 heteroatoms. The molecule has 1 aromatic heterocycles. The first-order valence-electron chi connectivity index (χ1n) is 7.53. The van der Waals surface area contributed by atoms with E-state index in [1.807, 2.05) is 18.7 Å². The topological polar surface area (TPSA) is 64.6 Å². The number of rotatable bonds is 3. The summed E-state index contributed by atoms with van der Waals surface area (Å²) in [7, 11) is 0. The predicted octanol–water partition coefficient (Wildman–Crippen LogP) is 1.19. The molecule has 0 unspecified atom stereocenters. The molecule has 0 spiro atoms. The first kappa shape index (κ1) is 14.4. The number of hydrogen-bond donors (Lipinski definition) is 0. The van der Waals surface area contributed by atoms with E-state index in [4.69, 9.17) is 9.47 Å². The summed E-state index contributed by atoms with van der Waals surface area (Å²) in [5.74, 6) is -0.0575. The van der Waals surface area contributed by atoms with E-state index in [9.17, 15) is 4.79 Å². The van der Waals surface area contributed by atoms with Crippen molar-refractivity contribution >= 4 is 5.91 Å². The molecule has 0 radical (unpaired) electrons. The lowest BCUT2D eigenvalue weighted by atomic mass is 10.1. The zero-order valence-corrected chi connectivity index (χ0v) is 12.5. The second-order valence-electron chi connectivity index (χ2n) is 5.52. The van der Waals surface area contributed by atoms with Crippen LogP contribution in [0.25, 0.3) is 0 Å². The molecule has 1 saturated carbocycles. The summed E-state index contributed by atoms with van der Waals surface area (Å²) in [5.41, 5.74) is 1.21. The fourth-order valence-electron chi connectivity index (χ4n) is 3.21. The zero-order chi connectivity index (χ0) is 14.8. The van der Waals surface area contributed by atoms with Crippen LogP contribution < -0.4 is 0 Å². The molecule has 6 nitrogen and oxygen atoms in total. The van der Waals surface area contributed by atoms with E-state index in [1.54, 1.807) is 12.4 Å². The van der Waals surface area contributed by atoms with Crippen molar-refractivity contribution in [3.63, 3.8) is 0 Å². The van der Waals surface area contributed by atoms with Gasteiger partial charge in [-0.15, -0.1) is 0 Å². The van der Waals surface area contributed by atoms with E-state index in [2.05, 4.69) is 9.97 Å². The normalized spacial score (nSPS) is 28.5. The molecule has 21 heavy (non-hydrogen) atoms. The van der Waals surface area contributed by atoms with Crippen molar-refractivity contribution in [2.75, 3.05) is 19.8 Å². The van der Waals surface area contributed by atoms with Gasteiger partial charge in [0.2, 0.25) is 0 Å². The second kappa shape index (κ2) is 6.07. The largest absolute Gasteiger partial charge is 0.376 e. The summed E-state index contributed by atoms with van der Waals surface area (Å²) in [6.45, 7) is 5.68. The summed E-state index contributed by atoms with van der Waals surface area (Å²) in [5, 5.41) is 0. The van der Waals surface area contributed by atoms with Crippen LogP contribution in [0.3, 0.4) is 0 Å². The van der Waals surface area contributed by atoms with Gasteiger partial charge in [0, 0.05) is 19.3 Å². The minimum Gasteiger partial charge on any atom is -0.376 e. The van der Waals surface area contributed by atoms with Gasteiger partial charge in [-0.2, -0.15) is 0 Å². The minimum atomic E-state index is -0.0575. The summed E-state index contributed by atoms with van der Waals surface area (Å²) in [6.07, 6.45) is 5.12. The van der Waals surface area contributed by atoms with Crippen molar-refractivity contribution in [2.45, 2.75) is 44.9 Å². The van der Waals surface area contributed by atoms with Gasteiger partial charge in [-0.05, 0) is 26.7 Å². The van der Waals surface area contributed by atoms with Crippen LogP contribution in [0.15, 0.2) is 12.4 Å². The molecule has 3 atom stereocenters. The van der Waals surface area contributed by atoms with E-state index >= 15 is 0 Å². The number of carbonyl (C=O) groups is 1. The van der Waals surface area contributed by atoms with Gasteiger partial charge in [0.25, 0.3) is 5.91 Å². The van der Waals surface area contributed by atoms with Gasteiger partial charge >= 0.3 is 0 Å². The lowest BCUT2D eigenvalue weighted by molar-refractivity contribution is -0.102. The summed E-state index contributed by atoms with van der Waals surface area (Å²) >= 11 is 0. The molecular weight excluding hydrogens is 270 g/mol. The molecule has 3 rings (SSSR count). The number of amides is 1. The van der Waals surface area contributed by atoms with Crippen molar-refractivity contribution in [2.24, 2.45) is 0 Å². The standard InChI is InChI=1S/C15H21N3O3/c1-3-20-13-5-4-12-14(13)21-7-6-18(12)15(19)11-9-16-10(2)8-17-11/h8-9,12-14H,3-7H2,1-2H3/t12-,13-,14-/m1/s1. The summed E-state index contributed by atoms with van der Waals surface area (Å²) < 4.78 is 11.6. The third-order valence-electron chi connectivity index (χ3n) is 4.18. The molecule has 2 heterocycles. The minimum absolute atomic E-state index is 0.0129. The maximum Gasteiger partial charge on any atom is 0.274 e. The Balaban J connectivity index is 1.76. The van der Waals surface area contributed by atoms with E-state index in [0.717, 1.165) is 18.5 Å². The van der Waals surface area contributed by atoms with Crippen LogP contribution in [0.5, 0.6) is 0 Å². The molecule has 2 fully saturated rings. The first-order valence-corrected chi connectivity index (χ1v) is 7.53. The van der Waals surface area contributed by atoms with Gasteiger partial charge in [0.1, 0.15) is 11.8 Å². The number of ether oxygens (including phenoxy) is 2. The molecule has 2 aliphatic rings. The highest BCUT2D eigenvalue weighted by molar-refractivity contribution is 5.92. The van der Waals surface area contributed by atoms with Crippen molar-refractivity contribution < 1.29 is 14.3 Å². The van der Waals surface area contributed by atoms with E-state index in [1.165, 1.54) is 0 Å². The molecular formula is C15H21N3O3. The third kappa shape index (κ3) is 2.78. The van der Waals surface area contributed by atoms with Crippen molar-refractivity contribution in [1.29, 1.82) is 0 Å². The van der Waals surface area contributed by atoms with Gasteiger partial charge in [-0.3, -0.25) is 9.78 Å². The Hall–Kier alpha value is -1.53. The van der Waals surface area contributed by atoms with E-state index in [-0.39, 0.29) is 24.2 Å². The molecule has 114 valence electrons. The molecule has 1 aromatic rings. The van der Waals surface area contributed by atoms with Crippen LogP contribution in [0, 0.1) is 6.92 Å². The maximum atomic E-state index is 12.6. The fourth-order valence-corrected chi connectivity index (χ4v) is 3.21. The monoisotopic (exact) mass is 291 g/mol. The van der Waals surface area contributed by atoms with Crippen molar-refractivity contribution in [1.82, 2.24) is 14.9 Å². The number of aromatic nitrogens is 2. The number of morpholine rings is 1. The second-order valence-corrected chi connectivity index (χ2v) is 5.52. The van der Waals surface area contributed by atoms with Crippen LogP contribution in [0.1, 0.15) is 35.9 Å². The lowest BCUT2D eigenvalue weighted by Gasteiger charge is -2.38. The van der Waals surface area contributed by atoms with Crippen LogP contribution >= 0.6 is 0 Å². The predicted molar refractivity (Wildman–Crippen MR) is 76.0 cm³/mol. The number of aryl methyl sites for hydroxylation is 1. The highest BCUT2D eigenvalue weighted by Gasteiger charge is 2.45. The van der Waals surface area contributed by atoms with E-state index < -0.39 is 0 Å². The zero-order valence-electron chi connectivity index (χ0n) is 12.5. The van der Waals surface area contributed by atoms with Crippen LogP contribution in [-0.2, 0) is 9.47 Å². The Morgan fingerprint density at radius 1 is 1.43 bits per heavy atom. The summed E-state index contributed by atoms with van der Waals surface area (Å²) in [4.78, 5) is 22.9. The molecule has 1 aliphatic carbocycles. The maximum absolute atomic E-state index is 12.6. The van der Waals surface area contributed by atoms with Crippen molar-refractivity contribution in [3.8, 4) is 0 Å². The quantitative estimate of drug-likeness (QED) is 0.837. The Kier molecular flexibility index (Phi) is 4.17. The third-order valence-corrected chi connectivity index (χ3v) is 4.18. The van der Waals surface area contributed by atoms with Gasteiger partial charge < -0.3 is 14.4 Å². The molecule has 0 N–H and O–H groups in total. The van der Waals surface area contributed by atoms with Gasteiger partial charge in [-0.25, -0.2) is 4.98 Å².